The minimum Gasteiger partial charge on any atom is -0.361 e. The molecule has 0 aromatic heterocycles. The molecule has 2 aliphatic rings. The van der Waals surface area contributed by atoms with Crippen LogP contribution in [-0.4, -0.2) is 30.4 Å². The number of rotatable bonds is 7. The quantitative estimate of drug-likeness (QED) is 0.512. The molecular formula is C24H28FN3O. The number of hydrogen-bond donors (Lipinski definition) is 2. The molecule has 29 heavy (non-hydrogen) atoms. The molecule has 2 N–H and O–H groups in total. The van der Waals surface area contributed by atoms with Gasteiger partial charge in [-0.2, -0.15) is 0 Å². The Bertz CT molecular complexity index is 885. The number of piperidine rings is 1. The number of halogens is 1. The second-order valence-corrected chi connectivity index (χ2v) is 7.88. The summed E-state index contributed by atoms with van der Waals surface area (Å²) in [5.41, 5.74) is 3.36. The first kappa shape index (κ1) is 19.6. The number of likely N-dealkylation sites (tertiary alicyclic amines) is 1. The Morgan fingerprint density at radius 3 is 2.62 bits per heavy atom. The standard InChI is InChI=1S/C24H28FN3O/c25-21-8-6-9-22-23(21)20(24(29)27-22)17-26-19-12-10-18(11-13-19)7-2-5-16-28-14-3-1-4-15-28/h6,8-13,17,26H,1-5,7,14-16H2,(H,27,29)/b20-17+. The number of carbonyl (C=O) groups excluding carboxylic acids is 1. The van der Waals surface area contributed by atoms with Crippen molar-refractivity contribution in [2.75, 3.05) is 30.3 Å². The molecule has 0 spiro atoms. The third-order valence-electron chi connectivity index (χ3n) is 5.75. The Labute approximate surface area is 171 Å². The summed E-state index contributed by atoms with van der Waals surface area (Å²) in [7, 11) is 0. The number of hydrogen-bond acceptors (Lipinski definition) is 3. The van der Waals surface area contributed by atoms with Gasteiger partial charge in [0, 0.05) is 17.5 Å². The molecule has 4 rings (SSSR count). The number of anilines is 2. The Morgan fingerprint density at radius 1 is 1.03 bits per heavy atom. The maximum Gasteiger partial charge on any atom is 0.257 e. The van der Waals surface area contributed by atoms with Crippen molar-refractivity contribution in [3.63, 3.8) is 0 Å². The summed E-state index contributed by atoms with van der Waals surface area (Å²) in [4.78, 5) is 14.7. The van der Waals surface area contributed by atoms with E-state index in [-0.39, 0.29) is 5.91 Å². The minimum atomic E-state index is -0.395. The van der Waals surface area contributed by atoms with E-state index < -0.39 is 5.82 Å². The van der Waals surface area contributed by atoms with E-state index in [0.717, 1.165) is 12.1 Å². The van der Waals surface area contributed by atoms with Crippen molar-refractivity contribution < 1.29 is 9.18 Å². The highest BCUT2D eigenvalue weighted by atomic mass is 19.1. The van der Waals surface area contributed by atoms with Gasteiger partial charge in [0.15, 0.2) is 0 Å². The van der Waals surface area contributed by atoms with Gasteiger partial charge in [-0.15, -0.1) is 0 Å². The van der Waals surface area contributed by atoms with Crippen molar-refractivity contribution in [2.24, 2.45) is 0 Å². The van der Waals surface area contributed by atoms with Gasteiger partial charge in [0.25, 0.3) is 5.91 Å². The van der Waals surface area contributed by atoms with Gasteiger partial charge in [-0.1, -0.05) is 24.6 Å². The molecule has 4 nitrogen and oxygen atoms in total. The van der Waals surface area contributed by atoms with Crippen LogP contribution < -0.4 is 10.6 Å². The molecule has 1 amide bonds. The highest BCUT2D eigenvalue weighted by Gasteiger charge is 2.27. The van der Waals surface area contributed by atoms with E-state index in [1.165, 1.54) is 63.4 Å². The fourth-order valence-electron chi connectivity index (χ4n) is 4.11. The molecule has 0 saturated carbocycles. The molecule has 1 fully saturated rings. The molecule has 2 aromatic rings. The van der Waals surface area contributed by atoms with Crippen LogP contribution in [0, 0.1) is 5.82 Å². The lowest BCUT2D eigenvalue weighted by Crippen LogP contribution is -2.30. The molecule has 0 unspecified atom stereocenters. The second-order valence-electron chi connectivity index (χ2n) is 7.88. The van der Waals surface area contributed by atoms with Crippen LogP contribution in [0.4, 0.5) is 15.8 Å². The predicted octanol–water partition coefficient (Wildman–Crippen LogP) is 5.04. The van der Waals surface area contributed by atoms with Crippen molar-refractivity contribution >= 4 is 22.9 Å². The maximum atomic E-state index is 14.1. The molecule has 0 radical (unpaired) electrons. The van der Waals surface area contributed by atoms with E-state index >= 15 is 0 Å². The second kappa shape index (κ2) is 9.23. The van der Waals surface area contributed by atoms with E-state index in [9.17, 15) is 9.18 Å². The Hall–Kier alpha value is -2.66. The fraction of sp³-hybridized carbons (Fsp3) is 0.375. The summed E-state index contributed by atoms with van der Waals surface area (Å²) >= 11 is 0. The zero-order valence-corrected chi connectivity index (χ0v) is 16.7. The summed E-state index contributed by atoms with van der Waals surface area (Å²) in [5, 5.41) is 5.82. The maximum absolute atomic E-state index is 14.1. The van der Waals surface area contributed by atoms with Gasteiger partial charge in [-0.25, -0.2) is 4.39 Å². The lowest BCUT2D eigenvalue weighted by molar-refractivity contribution is -0.110. The van der Waals surface area contributed by atoms with Gasteiger partial charge in [0.05, 0.1) is 11.3 Å². The molecular weight excluding hydrogens is 365 g/mol. The average Bonchev–Trinajstić information content (AvgIpc) is 3.07. The highest BCUT2D eigenvalue weighted by molar-refractivity contribution is 6.31. The number of nitrogens with one attached hydrogen (secondary N) is 2. The van der Waals surface area contributed by atoms with E-state index in [4.69, 9.17) is 0 Å². The van der Waals surface area contributed by atoms with E-state index in [1.807, 2.05) is 12.1 Å². The smallest absolute Gasteiger partial charge is 0.257 e. The predicted molar refractivity (Wildman–Crippen MR) is 116 cm³/mol. The first-order valence-corrected chi connectivity index (χ1v) is 10.6. The summed E-state index contributed by atoms with van der Waals surface area (Å²) in [5.74, 6) is -0.684. The number of nitrogens with zero attached hydrogens (tertiary/aromatic N) is 1. The number of unbranched alkanes of at least 4 members (excludes halogenated alkanes) is 1. The minimum absolute atomic E-state index is 0.289. The normalized spacial score (nSPS) is 18.0. The Morgan fingerprint density at radius 2 is 1.83 bits per heavy atom. The number of benzene rings is 2. The van der Waals surface area contributed by atoms with Gasteiger partial charge in [0.2, 0.25) is 0 Å². The van der Waals surface area contributed by atoms with Crippen LogP contribution >= 0.6 is 0 Å². The number of fused-ring (bicyclic) bond motifs is 1. The van der Waals surface area contributed by atoms with E-state index in [0.29, 0.717) is 16.8 Å². The van der Waals surface area contributed by atoms with Gasteiger partial charge in [0.1, 0.15) is 5.82 Å². The van der Waals surface area contributed by atoms with Crippen molar-refractivity contribution in [3.8, 4) is 0 Å². The first-order valence-electron chi connectivity index (χ1n) is 10.6. The number of carbonyl (C=O) groups is 1. The van der Waals surface area contributed by atoms with Gasteiger partial charge in [-0.05, 0) is 81.6 Å². The molecule has 2 heterocycles. The lowest BCUT2D eigenvalue weighted by atomic mass is 10.1. The van der Waals surface area contributed by atoms with E-state index in [2.05, 4.69) is 27.7 Å². The first-order chi connectivity index (χ1) is 14.2. The number of amides is 1. The molecule has 0 bridgehead atoms. The average molecular weight is 394 g/mol. The van der Waals surface area contributed by atoms with Crippen molar-refractivity contribution in [3.05, 3.63) is 65.6 Å². The Kier molecular flexibility index (Phi) is 6.25. The van der Waals surface area contributed by atoms with Crippen LogP contribution in [0.15, 0.2) is 48.7 Å². The molecule has 1 saturated heterocycles. The molecule has 2 aromatic carbocycles. The van der Waals surface area contributed by atoms with Crippen molar-refractivity contribution in [1.82, 2.24) is 4.90 Å². The van der Waals surface area contributed by atoms with Crippen molar-refractivity contribution in [2.45, 2.75) is 38.5 Å². The Balaban J connectivity index is 1.29. The van der Waals surface area contributed by atoms with E-state index in [1.54, 1.807) is 18.3 Å². The van der Waals surface area contributed by atoms with Gasteiger partial charge < -0.3 is 15.5 Å². The third kappa shape index (κ3) is 4.85. The largest absolute Gasteiger partial charge is 0.361 e. The summed E-state index contributed by atoms with van der Waals surface area (Å²) in [6.07, 6.45) is 9.19. The fourth-order valence-corrected chi connectivity index (χ4v) is 4.11. The SMILES string of the molecule is O=C1Nc2cccc(F)c2/C1=C\Nc1ccc(CCCCN2CCCCC2)cc1. The van der Waals surface area contributed by atoms with Crippen LogP contribution in [-0.2, 0) is 11.2 Å². The van der Waals surface area contributed by atoms with Crippen molar-refractivity contribution in [1.29, 1.82) is 0 Å². The van der Waals surface area contributed by atoms with Crippen LogP contribution in [0.1, 0.15) is 43.2 Å². The molecule has 5 heteroatoms. The molecule has 0 aliphatic carbocycles. The van der Waals surface area contributed by atoms with Crippen LogP contribution in [0.25, 0.3) is 5.57 Å². The van der Waals surface area contributed by atoms with Gasteiger partial charge >= 0.3 is 0 Å². The monoisotopic (exact) mass is 393 g/mol. The summed E-state index contributed by atoms with van der Waals surface area (Å²) < 4.78 is 14.1. The zero-order chi connectivity index (χ0) is 20.1. The van der Waals surface area contributed by atoms with Crippen LogP contribution in [0.3, 0.4) is 0 Å². The molecule has 0 atom stereocenters. The zero-order valence-electron chi connectivity index (χ0n) is 16.7. The topological polar surface area (TPSA) is 44.4 Å². The van der Waals surface area contributed by atoms with Crippen LogP contribution in [0.2, 0.25) is 0 Å². The number of aryl methyl sites for hydroxylation is 1. The highest BCUT2D eigenvalue weighted by Crippen LogP contribution is 2.33. The lowest BCUT2D eigenvalue weighted by Gasteiger charge is -2.26. The molecule has 152 valence electrons. The van der Waals surface area contributed by atoms with Crippen LogP contribution in [0.5, 0.6) is 0 Å². The van der Waals surface area contributed by atoms with Gasteiger partial charge in [-0.3, -0.25) is 4.79 Å². The summed E-state index contributed by atoms with van der Waals surface area (Å²) in [6.45, 7) is 3.75. The molecule has 2 aliphatic heterocycles. The third-order valence-corrected chi connectivity index (χ3v) is 5.75. The summed E-state index contributed by atoms with van der Waals surface area (Å²) in [6, 6.07) is 12.9.